The molecule has 12 heavy (non-hydrogen) atoms. The number of hydrogen-bond acceptors (Lipinski definition) is 2. The second-order valence-corrected chi connectivity index (χ2v) is 2.55. The zero-order chi connectivity index (χ0) is 8.97. The minimum Gasteiger partial charge on any atom is -0.327 e. The monoisotopic (exact) mass is 167 g/mol. The molecule has 0 spiro atoms. The highest BCUT2D eigenvalue weighted by Gasteiger charge is 1.94. The van der Waals surface area contributed by atoms with E-state index < -0.39 is 0 Å². The minimum absolute atomic E-state index is 0.00308. The van der Waals surface area contributed by atoms with Gasteiger partial charge in [-0.1, -0.05) is 12.2 Å². The molecule has 4 heteroatoms. The van der Waals surface area contributed by atoms with E-state index in [1.807, 2.05) is 12.2 Å². The highest BCUT2D eigenvalue weighted by Crippen LogP contribution is 1.83. The third kappa shape index (κ3) is 1.85. The fourth-order valence-corrected chi connectivity index (χ4v) is 0.934. The highest BCUT2D eigenvalue weighted by atomic mass is 16.1. The molecule has 2 N–H and O–H groups in total. The summed E-state index contributed by atoms with van der Waals surface area (Å²) in [7, 11) is 1.73. The lowest BCUT2D eigenvalue weighted by atomic mass is 10.5. The molecule has 0 amide bonds. The van der Waals surface area contributed by atoms with Gasteiger partial charge in [-0.3, -0.25) is 4.57 Å². The fraction of sp³-hybridized carbons (Fsp3) is 0.375. The summed E-state index contributed by atoms with van der Waals surface area (Å²) in [5, 5.41) is 0. The van der Waals surface area contributed by atoms with Crippen molar-refractivity contribution < 1.29 is 0 Å². The van der Waals surface area contributed by atoms with Crippen molar-refractivity contribution in [2.75, 3.05) is 6.54 Å². The second-order valence-electron chi connectivity index (χ2n) is 2.55. The molecule has 0 aromatic carbocycles. The van der Waals surface area contributed by atoms with Crippen molar-refractivity contribution in [3.8, 4) is 0 Å². The number of rotatable bonds is 3. The van der Waals surface area contributed by atoms with Crippen LogP contribution in [-0.2, 0) is 13.6 Å². The van der Waals surface area contributed by atoms with Gasteiger partial charge in [0.2, 0.25) is 0 Å². The van der Waals surface area contributed by atoms with Gasteiger partial charge in [-0.25, -0.2) is 4.79 Å². The van der Waals surface area contributed by atoms with Crippen LogP contribution in [-0.4, -0.2) is 15.7 Å². The topological polar surface area (TPSA) is 52.9 Å². The SMILES string of the molecule is Cn1ccn(C/C=C/CN)c1=O. The van der Waals surface area contributed by atoms with E-state index in [4.69, 9.17) is 5.73 Å². The van der Waals surface area contributed by atoms with E-state index >= 15 is 0 Å². The van der Waals surface area contributed by atoms with E-state index in [-0.39, 0.29) is 5.69 Å². The predicted octanol–water partition coefficient (Wildman–Crippen LogP) is -0.298. The van der Waals surface area contributed by atoms with Gasteiger partial charge in [0.25, 0.3) is 0 Å². The van der Waals surface area contributed by atoms with E-state index in [1.54, 1.807) is 24.0 Å². The molecule has 4 nitrogen and oxygen atoms in total. The van der Waals surface area contributed by atoms with Crippen LogP contribution in [0.2, 0.25) is 0 Å². The molecule has 0 unspecified atom stereocenters. The smallest absolute Gasteiger partial charge is 0.327 e. The van der Waals surface area contributed by atoms with Gasteiger partial charge in [0, 0.05) is 32.5 Å². The van der Waals surface area contributed by atoms with Gasteiger partial charge < -0.3 is 10.3 Å². The lowest BCUT2D eigenvalue weighted by Gasteiger charge is -1.92. The second kappa shape index (κ2) is 3.92. The van der Waals surface area contributed by atoms with Gasteiger partial charge in [-0.2, -0.15) is 0 Å². The van der Waals surface area contributed by atoms with Gasteiger partial charge in [0.05, 0.1) is 0 Å². The number of imidazole rings is 1. The average molecular weight is 167 g/mol. The molecule has 0 radical (unpaired) electrons. The maximum Gasteiger partial charge on any atom is 0.328 e. The van der Waals surface area contributed by atoms with Crippen molar-refractivity contribution in [2.24, 2.45) is 12.8 Å². The molecule has 0 aliphatic rings. The molecule has 66 valence electrons. The van der Waals surface area contributed by atoms with E-state index in [0.717, 1.165) is 0 Å². The third-order valence-electron chi connectivity index (χ3n) is 1.62. The maximum absolute atomic E-state index is 11.2. The first-order valence-corrected chi connectivity index (χ1v) is 3.82. The Balaban J connectivity index is 2.70. The van der Waals surface area contributed by atoms with E-state index in [9.17, 15) is 4.79 Å². The lowest BCUT2D eigenvalue weighted by Crippen LogP contribution is -2.21. The molecule has 1 rings (SSSR count). The van der Waals surface area contributed by atoms with Crippen LogP contribution in [0.3, 0.4) is 0 Å². The molecular weight excluding hydrogens is 154 g/mol. The summed E-state index contributed by atoms with van der Waals surface area (Å²) in [6, 6.07) is 0. The summed E-state index contributed by atoms with van der Waals surface area (Å²) in [5.41, 5.74) is 5.25. The van der Waals surface area contributed by atoms with Gasteiger partial charge in [0.15, 0.2) is 0 Å². The van der Waals surface area contributed by atoms with Crippen LogP contribution in [0.5, 0.6) is 0 Å². The van der Waals surface area contributed by atoms with Crippen LogP contribution >= 0.6 is 0 Å². The number of nitrogens with two attached hydrogens (primary N) is 1. The van der Waals surface area contributed by atoms with Gasteiger partial charge >= 0.3 is 5.69 Å². The summed E-state index contributed by atoms with van der Waals surface area (Å²) in [6.45, 7) is 1.11. The molecule has 0 atom stereocenters. The molecule has 0 saturated carbocycles. The normalized spacial score (nSPS) is 11.2. The molecule has 0 fully saturated rings. The van der Waals surface area contributed by atoms with Gasteiger partial charge in [-0.05, 0) is 0 Å². The van der Waals surface area contributed by atoms with Crippen LogP contribution in [0.25, 0.3) is 0 Å². The number of aryl methyl sites for hydroxylation is 1. The first-order valence-electron chi connectivity index (χ1n) is 3.82. The Morgan fingerprint density at radius 2 is 2.25 bits per heavy atom. The van der Waals surface area contributed by atoms with Crippen LogP contribution in [0.4, 0.5) is 0 Å². The van der Waals surface area contributed by atoms with Crippen molar-refractivity contribution in [2.45, 2.75) is 6.54 Å². The Bertz CT molecular complexity index is 321. The van der Waals surface area contributed by atoms with Crippen molar-refractivity contribution in [3.05, 3.63) is 35.0 Å². The molecule has 1 aromatic heterocycles. The Hall–Kier alpha value is -1.29. The Morgan fingerprint density at radius 1 is 1.50 bits per heavy atom. The van der Waals surface area contributed by atoms with E-state index in [0.29, 0.717) is 13.1 Å². The van der Waals surface area contributed by atoms with Crippen molar-refractivity contribution in [3.63, 3.8) is 0 Å². The van der Waals surface area contributed by atoms with Crippen molar-refractivity contribution in [1.82, 2.24) is 9.13 Å². The van der Waals surface area contributed by atoms with Crippen LogP contribution in [0, 0.1) is 0 Å². The summed E-state index contributed by atoms with van der Waals surface area (Å²) in [6.07, 6.45) is 7.20. The molecule has 0 aliphatic carbocycles. The maximum atomic E-state index is 11.2. The first kappa shape index (κ1) is 8.80. The molecule has 1 heterocycles. The van der Waals surface area contributed by atoms with Crippen LogP contribution in [0.15, 0.2) is 29.3 Å². The van der Waals surface area contributed by atoms with Gasteiger partial charge in [0.1, 0.15) is 0 Å². The Kier molecular flexibility index (Phi) is 2.88. The average Bonchev–Trinajstić information content (AvgIpc) is 2.36. The van der Waals surface area contributed by atoms with E-state index in [1.165, 1.54) is 4.57 Å². The summed E-state index contributed by atoms with van der Waals surface area (Å²) in [4.78, 5) is 11.2. The van der Waals surface area contributed by atoms with Gasteiger partial charge in [-0.15, -0.1) is 0 Å². The number of nitrogens with zero attached hydrogens (tertiary/aromatic N) is 2. The van der Waals surface area contributed by atoms with Crippen molar-refractivity contribution >= 4 is 0 Å². The van der Waals surface area contributed by atoms with Crippen LogP contribution < -0.4 is 11.4 Å². The standard InChI is InChI=1S/C8H13N3O/c1-10-6-7-11(8(10)12)5-3-2-4-9/h2-3,6-7H,4-5,9H2,1H3/b3-2+. The Morgan fingerprint density at radius 3 is 2.75 bits per heavy atom. The zero-order valence-electron chi connectivity index (χ0n) is 7.10. The summed E-state index contributed by atoms with van der Waals surface area (Å²) in [5.74, 6) is 0. The van der Waals surface area contributed by atoms with Crippen LogP contribution in [0.1, 0.15) is 0 Å². The Labute approximate surface area is 70.9 Å². The molecular formula is C8H13N3O. The van der Waals surface area contributed by atoms with Crippen molar-refractivity contribution in [1.29, 1.82) is 0 Å². The summed E-state index contributed by atoms with van der Waals surface area (Å²) >= 11 is 0. The number of aromatic nitrogens is 2. The molecule has 0 saturated heterocycles. The quantitative estimate of drug-likeness (QED) is 0.628. The predicted molar refractivity (Wildman–Crippen MR) is 47.9 cm³/mol. The zero-order valence-corrected chi connectivity index (χ0v) is 7.10. The lowest BCUT2D eigenvalue weighted by molar-refractivity contribution is 0.729. The molecule has 1 aromatic rings. The molecule has 0 aliphatic heterocycles. The number of hydrogen-bond donors (Lipinski definition) is 1. The first-order chi connectivity index (χ1) is 5.75. The number of allylic oxidation sites excluding steroid dienone is 1. The van der Waals surface area contributed by atoms with E-state index in [2.05, 4.69) is 0 Å². The summed E-state index contributed by atoms with van der Waals surface area (Å²) < 4.78 is 3.16. The minimum atomic E-state index is -0.00308. The largest absolute Gasteiger partial charge is 0.328 e. The third-order valence-corrected chi connectivity index (χ3v) is 1.62. The molecule has 0 bridgehead atoms. The fourth-order valence-electron chi connectivity index (χ4n) is 0.934. The highest BCUT2D eigenvalue weighted by molar-refractivity contribution is 4.87.